The number of quaternary nitrogens is 1. The highest BCUT2D eigenvalue weighted by Crippen LogP contribution is 2.34. The van der Waals surface area contributed by atoms with Gasteiger partial charge in [-0.25, -0.2) is 15.0 Å². The van der Waals surface area contributed by atoms with E-state index in [1.54, 1.807) is 24.9 Å². The van der Waals surface area contributed by atoms with Crippen LogP contribution < -0.4 is 0 Å². The number of nitrogens with zero attached hydrogens (tertiary/aromatic N) is 4. The Kier molecular flexibility index (Phi) is 3.18. The quantitative estimate of drug-likeness (QED) is 0.509. The van der Waals surface area contributed by atoms with Crippen molar-refractivity contribution in [2.45, 2.75) is 26.3 Å². The van der Waals surface area contributed by atoms with Crippen LogP contribution in [0.3, 0.4) is 0 Å². The second kappa shape index (κ2) is 4.78. The summed E-state index contributed by atoms with van der Waals surface area (Å²) < 4.78 is 6.56. The number of hydrogen-bond donors (Lipinski definition) is 1. The van der Waals surface area contributed by atoms with Crippen LogP contribution in [0.5, 0.6) is 0 Å². The van der Waals surface area contributed by atoms with Gasteiger partial charge in [0.2, 0.25) is 5.84 Å². The predicted molar refractivity (Wildman–Crippen MR) is 74.9 cm³/mol. The van der Waals surface area contributed by atoms with E-state index in [-0.39, 0.29) is 10.7 Å². The lowest BCUT2D eigenvalue weighted by Crippen LogP contribution is -2.35. The van der Waals surface area contributed by atoms with Crippen LogP contribution in [0.25, 0.3) is 0 Å². The summed E-state index contributed by atoms with van der Waals surface area (Å²) >= 11 is 0. The number of carbonyl (C=O) groups excluding carboxylic acids is 1. The Bertz CT molecular complexity index is 661. The van der Waals surface area contributed by atoms with Gasteiger partial charge >= 0.3 is 5.97 Å². The molecule has 7 heteroatoms. The van der Waals surface area contributed by atoms with Crippen molar-refractivity contribution >= 4 is 11.8 Å². The van der Waals surface area contributed by atoms with Crippen LogP contribution in [0.2, 0.25) is 0 Å². The first kappa shape index (κ1) is 14.0. The molecule has 2 aliphatic heterocycles. The van der Waals surface area contributed by atoms with Gasteiger partial charge in [-0.2, -0.15) is 5.10 Å². The number of aromatic nitrogens is 2. The second-order valence-electron chi connectivity index (χ2n) is 5.40. The van der Waals surface area contributed by atoms with Gasteiger partial charge in [0.25, 0.3) is 0 Å². The Balaban J connectivity index is 1.93. The number of esters is 1. The van der Waals surface area contributed by atoms with E-state index in [0.29, 0.717) is 31.1 Å². The van der Waals surface area contributed by atoms with Crippen molar-refractivity contribution < 1.29 is 19.4 Å². The minimum Gasteiger partial charge on any atom is -0.461 e. The van der Waals surface area contributed by atoms with Crippen LogP contribution >= 0.6 is 0 Å². The molecule has 7 nitrogen and oxygen atoms in total. The smallest absolute Gasteiger partial charge is 0.359 e. The third kappa shape index (κ3) is 2.18. The fraction of sp³-hybridized carbons (Fsp3) is 0.500. The summed E-state index contributed by atoms with van der Waals surface area (Å²) in [4.78, 5) is 16.3. The van der Waals surface area contributed by atoms with Gasteiger partial charge < -0.3 is 4.74 Å². The number of amidine groups is 1. The number of aliphatic imine (C=N–C) groups is 1. The third-order valence-corrected chi connectivity index (χ3v) is 4.12. The molecule has 1 aromatic rings. The first-order valence-corrected chi connectivity index (χ1v) is 7.01. The molecular weight excluding hydrogens is 272 g/mol. The van der Waals surface area contributed by atoms with E-state index in [1.165, 1.54) is 0 Å². The van der Waals surface area contributed by atoms with Crippen LogP contribution in [-0.4, -0.2) is 50.6 Å². The van der Waals surface area contributed by atoms with Crippen molar-refractivity contribution in [3.63, 3.8) is 0 Å². The molecule has 1 saturated heterocycles. The predicted octanol–water partition coefficient (Wildman–Crippen LogP) is 0.962. The molecule has 2 unspecified atom stereocenters. The second-order valence-corrected chi connectivity index (χ2v) is 5.40. The maximum atomic E-state index is 12.0. The molecule has 2 aliphatic rings. The number of carbonyl (C=O) groups is 1. The summed E-state index contributed by atoms with van der Waals surface area (Å²) in [5.74, 6) is 0.208. The molecule has 0 aliphatic carbocycles. The largest absolute Gasteiger partial charge is 0.461 e. The van der Waals surface area contributed by atoms with E-state index in [1.807, 2.05) is 13.0 Å². The number of hydroxylamine groups is 3. The Labute approximate surface area is 122 Å². The molecule has 3 heterocycles. The lowest BCUT2D eigenvalue weighted by molar-refractivity contribution is -0.932. The van der Waals surface area contributed by atoms with Gasteiger partial charge in [-0.1, -0.05) is 0 Å². The summed E-state index contributed by atoms with van der Waals surface area (Å²) in [6, 6.07) is 0.0977. The van der Waals surface area contributed by atoms with Crippen molar-refractivity contribution in [2.75, 3.05) is 13.2 Å². The fourth-order valence-electron chi connectivity index (χ4n) is 2.63. The standard InChI is InChI=1S/C14H19N4O3/c1-4-21-14(19)13-11(9(2)17(3)16-13)7-12-15-6-5-10-8-18(10,12)20/h5-6,10,20H,4,7-8H2,1-3H3/q+1. The van der Waals surface area contributed by atoms with Gasteiger partial charge in [0.05, 0.1) is 13.0 Å². The molecule has 21 heavy (non-hydrogen) atoms. The zero-order valence-corrected chi connectivity index (χ0v) is 12.4. The lowest BCUT2D eigenvalue weighted by Gasteiger charge is -2.14. The average Bonchev–Trinajstić information content (AvgIpc) is 3.06. The molecule has 1 aromatic heterocycles. The number of hydrogen-bond acceptors (Lipinski definition) is 5. The van der Waals surface area contributed by atoms with Gasteiger partial charge in [0, 0.05) is 30.6 Å². The Hall–Kier alpha value is -1.99. The van der Waals surface area contributed by atoms with E-state index in [2.05, 4.69) is 10.1 Å². The minimum atomic E-state index is -0.435. The Morgan fingerprint density at radius 2 is 2.38 bits per heavy atom. The number of aryl methyl sites for hydroxylation is 1. The third-order valence-electron chi connectivity index (χ3n) is 4.12. The van der Waals surface area contributed by atoms with Gasteiger partial charge in [-0.05, 0) is 13.8 Å². The van der Waals surface area contributed by atoms with E-state index in [0.717, 1.165) is 11.3 Å². The van der Waals surface area contributed by atoms with E-state index >= 15 is 0 Å². The molecule has 2 atom stereocenters. The summed E-state index contributed by atoms with van der Waals surface area (Å²) in [6.45, 7) is 4.60. The fourth-order valence-corrected chi connectivity index (χ4v) is 2.63. The van der Waals surface area contributed by atoms with Crippen LogP contribution in [0, 0.1) is 6.92 Å². The highest BCUT2D eigenvalue weighted by molar-refractivity contribution is 5.92. The van der Waals surface area contributed by atoms with E-state index in [9.17, 15) is 10.0 Å². The molecule has 112 valence electrons. The summed E-state index contributed by atoms with van der Waals surface area (Å²) in [7, 11) is 1.79. The monoisotopic (exact) mass is 291 g/mol. The zero-order chi connectivity index (χ0) is 15.2. The number of fused-ring (bicyclic) bond motifs is 1. The number of rotatable bonds is 4. The first-order chi connectivity index (χ1) is 9.97. The highest BCUT2D eigenvalue weighted by atomic mass is 16.6. The van der Waals surface area contributed by atoms with Crippen LogP contribution in [0.4, 0.5) is 0 Å². The molecule has 0 radical (unpaired) electrons. The van der Waals surface area contributed by atoms with Crippen molar-refractivity contribution in [3.8, 4) is 0 Å². The number of ether oxygens (including phenoxy) is 1. The van der Waals surface area contributed by atoms with Crippen molar-refractivity contribution in [1.82, 2.24) is 9.78 Å². The highest BCUT2D eigenvalue weighted by Gasteiger charge is 2.60. The van der Waals surface area contributed by atoms with Gasteiger partial charge in [0.15, 0.2) is 18.3 Å². The van der Waals surface area contributed by atoms with Crippen molar-refractivity contribution in [3.05, 3.63) is 29.2 Å². The zero-order valence-electron chi connectivity index (χ0n) is 12.4. The molecule has 0 spiro atoms. The maximum Gasteiger partial charge on any atom is 0.359 e. The molecule has 0 saturated carbocycles. The van der Waals surface area contributed by atoms with Crippen LogP contribution in [-0.2, 0) is 18.2 Å². The van der Waals surface area contributed by atoms with Gasteiger partial charge in [-0.15, -0.1) is 4.65 Å². The molecule has 0 aromatic carbocycles. The van der Waals surface area contributed by atoms with E-state index < -0.39 is 5.97 Å². The van der Waals surface area contributed by atoms with Crippen LogP contribution in [0.15, 0.2) is 17.3 Å². The first-order valence-electron chi connectivity index (χ1n) is 7.01. The molecule has 3 rings (SSSR count). The SMILES string of the molecule is CCOC(=O)c1nn(C)c(C)c1CC1=NC=CC2C[N+]12O. The molecule has 1 N–H and O–H groups in total. The Morgan fingerprint density at radius 1 is 1.62 bits per heavy atom. The van der Waals surface area contributed by atoms with Gasteiger partial charge in [0.1, 0.15) is 0 Å². The molecule has 0 amide bonds. The van der Waals surface area contributed by atoms with Crippen molar-refractivity contribution in [1.29, 1.82) is 0 Å². The maximum absolute atomic E-state index is 12.0. The summed E-state index contributed by atoms with van der Waals surface area (Å²) in [5, 5.41) is 14.6. The topological polar surface area (TPSA) is 76.7 Å². The molecule has 1 fully saturated rings. The van der Waals surface area contributed by atoms with E-state index in [4.69, 9.17) is 4.74 Å². The summed E-state index contributed by atoms with van der Waals surface area (Å²) in [5.41, 5.74) is 1.95. The molecular formula is C14H19N4O3+. The average molecular weight is 291 g/mol. The minimum absolute atomic E-state index is 0.0977. The lowest BCUT2D eigenvalue weighted by atomic mass is 10.1. The van der Waals surface area contributed by atoms with Crippen molar-refractivity contribution in [2.24, 2.45) is 12.0 Å². The molecule has 0 bridgehead atoms. The van der Waals surface area contributed by atoms with Crippen LogP contribution in [0.1, 0.15) is 28.7 Å². The van der Waals surface area contributed by atoms with Gasteiger partial charge in [-0.3, -0.25) is 4.68 Å². The summed E-state index contributed by atoms with van der Waals surface area (Å²) in [6.07, 6.45) is 4.01. The Morgan fingerprint density at radius 3 is 3.10 bits per heavy atom. The normalized spacial score (nSPS) is 26.3.